The van der Waals surface area contributed by atoms with Gasteiger partial charge in [-0.15, -0.1) is 0 Å². The molecule has 1 aromatic carbocycles. The summed E-state index contributed by atoms with van der Waals surface area (Å²) in [5.41, 5.74) is 5.90. The molecule has 19 heavy (non-hydrogen) atoms. The molecule has 0 amide bonds. The molecule has 0 aliphatic heterocycles. The van der Waals surface area contributed by atoms with Gasteiger partial charge in [-0.1, -0.05) is 15.9 Å². The number of nitrogen functional groups attached to an aromatic ring is 1. The molecule has 0 aliphatic rings. The van der Waals surface area contributed by atoms with Crippen LogP contribution in [-0.4, -0.2) is 12.1 Å². The third kappa shape index (κ3) is 2.93. The topological polar surface area (TPSA) is 57.4 Å². The van der Waals surface area contributed by atoms with Gasteiger partial charge in [0.25, 0.3) is 0 Å². The second-order valence-electron chi connectivity index (χ2n) is 3.55. The van der Waals surface area contributed by atoms with Crippen LogP contribution in [0.1, 0.15) is 0 Å². The Bertz CT molecular complexity index is 623. The molecular formula is C12H9BrF2N2O2. The van der Waals surface area contributed by atoms with Crippen LogP contribution in [0.3, 0.4) is 0 Å². The molecular weight excluding hydrogens is 322 g/mol. The molecule has 0 fully saturated rings. The predicted molar refractivity (Wildman–Crippen MR) is 69.3 cm³/mol. The van der Waals surface area contributed by atoms with Gasteiger partial charge in [0, 0.05) is 10.5 Å². The Morgan fingerprint density at radius 1 is 1.26 bits per heavy atom. The Labute approximate surface area is 116 Å². The molecule has 2 rings (SSSR count). The van der Waals surface area contributed by atoms with Gasteiger partial charge in [0.1, 0.15) is 0 Å². The first-order valence-corrected chi connectivity index (χ1v) is 5.93. The summed E-state index contributed by atoms with van der Waals surface area (Å²) >= 11 is 3.05. The van der Waals surface area contributed by atoms with E-state index in [1.807, 2.05) is 0 Å². The Kier molecular flexibility index (Phi) is 3.84. The molecule has 1 heterocycles. The van der Waals surface area contributed by atoms with E-state index in [2.05, 4.69) is 20.9 Å². The number of hydrogen-bond acceptors (Lipinski definition) is 4. The van der Waals surface area contributed by atoms with Crippen LogP contribution in [0.2, 0.25) is 0 Å². The SMILES string of the molecule is COc1nc(Oc2cc(Br)cc(F)c2F)ccc1N. The highest BCUT2D eigenvalue weighted by Gasteiger charge is 2.13. The lowest BCUT2D eigenvalue weighted by Crippen LogP contribution is -1.98. The number of ether oxygens (including phenoxy) is 2. The zero-order valence-corrected chi connectivity index (χ0v) is 11.4. The minimum atomic E-state index is -1.10. The fourth-order valence-electron chi connectivity index (χ4n) is 1.37. The highest BCUT2D eigenvalue weighted by Crippen LogP contribution is 2.30. The van der Waals surface area contributed by atoms with Gasteiger partial charge in [0.05, 0.1) is 12.8 Å². The fraction of sp³-hybridized carbons (Fsp3) is 0.0833. The number of rotatable bonds is 3. The van der Waals surface area contributed by atoms with Crippen molar-refractivity contribution in [3.05, 3.63) is 40.4 Å². The van der Waals surface area contributed by atoms with Crippen LogP contribution in [0.4, 0.5) is 14.5 Å². The van der Waals surface area contributed by atoms with Crippen LogP contribution >= 0.6 is 15.9 Å². The number of nitrogens with two attached hydrogens (primary N) is 1. The van der Waals surface area contributed by atoms with Gasteiger partial charge in [-0.2, -0.15) is 9.37 Å². The molecule has 0 atom stereocenters. The molecule has 0 unspecified atom stereocenters. The normalized spacial score (nSPS) is 10.3. The van der Waals surface area contributed by atoms with Crippen LogP contribution in [0, 0.1) is 11.6 Å². The van der Waals surface area contributed by atoms with Crippen molar-refractivity contribution in [3.8, 4) is 17.5 Å². The van der Waals surface area contributed by atoms with E-state index in [4.69, 9.17) is 15.2 Å². The molecule has 0 spiro atoms. The lowest BCUT2D eigenvalue weighted by molar-refractivity contribution is 0.375. The third-order valence-corrected chi connectivity index (χ3v) is 2.69. The molecule has 100 valence electrons. The number of anilines is 1. The molecule has 0 bridgehead atoms. The summed E-state index contributed by atoms with van der Waals surface area (Å²) in [7, 11) is 1.39. The van der Waals surface area contributed by atoms with E-state index in [0.29, 0.717) is 10.2 Å². The predicted octanol–water partition coefficient (Wildman–Crippen LogP) is 3.51. The van der Waals surface area contributed by atoms with Crippen molar-refractivity contribution in [2.45, 2.75) is 0 Å². The molecule has 4 nitrogen and oxygen atoms in total. The Balaban J connectivity index is 2.36. The first-order chi connectivity index (χ1) is 9.01. The Morgan fingerprint density at radius 3 is 2.68 bits per heavy atom. The van der Waals surface area contributed by atoms with E-state index >= 15 is 0 Å². The van der Waals surface area contributed by atoms with E-state index in [1.165, 1.54) is 25.3 Å². The first kappa shape index (κ1) is 13.5. The van der Waals surface area contributed by atoms with E-state index in [0.717, 1.165) is 6.07 Å². The minimum Gasteiger partial charge on any atom is -0.479 e. The van der Waals surface area contributed by atoms with Crippen LogP contribution < -0.4 is 15.2 Å². The van der Waals surface area contributed by atoms with Gasteiger partial charge in [0.2, 0.25) is 17.6 Å². The van der Waals surface area contributed by atoms with Crippen LogP contribution in [0.15, 0.2) is 28.7 Å². The summed E-state index contributed by atoms with van der Waals surface area (Å²) in [6.45, 7) is 0. The maximum atomic E-state index is 13.5. The maximum absolute atomic E-state index is 13.5. The van der Waals surface area contributed by atoms with E-state index < -0.39 is 11.6 Å². The van der Waals surface area contributed by atoms with E-state index in [9.17, 15) is 8.78 Å². The minimum absolute atomic E-state index is 0.0439. The number of methoxy groups -OCH3 is 1. The highest BCUT2D eigenvalue weighted by atomic mass is 79.9. The summed E-state index contributed by atoms with van der Waals surface area (Å²) < 4.78 is 37.2. The Hall–Kier alpha value is -1.89. The zero-order valence-electron chi connectivity index (χ0n) is 9.78. The largest absolute Gasteiger partial charge is 0.479 e. The maximum Gasteiger partial charge on any atom is 0.240 e. The molecule has 0 radical (unpaired) electrons. The van der Waals surface area contributed by atoms with Crippen molar-refractivity contribution in [1.82, 2.24) is 4.98 Å². The van der Waals surface area contributed by atoms with Gasteiger partial charge in [-0.25, -0.2) is 4.39 Å². The zero-order chi connectivity index (χ0) is 14.0. The third-order valence-electron chi connectivity index (χ3n) is 2.23. The van der Waals surface area contributed by atoms with Crippen LogP contribution in [0.25, 0.3) is 0 Å². The van der Waals surface area contributed by atoms with Crippen molar-refractivity contribution in [1.29, 1.82) is 0 Å². The molecule has 0 aliphatic carbocycles. The van der Waals surface area contributed by atoms with Crippen LogP contribution in [0.5, 0.6) is 17.5 Å². The van der Waals surface area contributed by atoms with Gasteiger partial charge >= 0.3 is 0 Å². The van der Waals surface area contributed by atoms with Crippen molar-refractivity contribution >= 4 is 21.6 Å². The van der Waals surface area contributed by atoms with Crippen LogP contribution in [-0.2, 0) is 0 Å². The monoisotopic (exact) mass is 330 g/mol. The highest BCUT2D eigenvalue weighted by molar-refractivity contribution is 9.10. The lowest BCUT2D eigenvalue weighted by atomic mass is 10.3. The molecule has 7 heteroatoms. The van der Waals surface area contributed by atoms with Crippen molar-refractivity contribution in [2.75, 3.05) is 12.8 Å². The van der Waals surface area contributed by atoms with Gasteiger partial charge in [-0.05, 0) is 18.2 Å². The second kappa shape index (κ2) is 5.40. The van der Waals surface area contributed by atoms with Gasteiger partial charge in [-0.3, -0.25) is 0 Å². The summed E-state index contributed by atoms with van der Waals surface area (Å²) in [6.07, 6.45) is 0. The molecule has 0 saturated heterocycles. The quantitative estimate of drug-likeness (QED) is 0.875. The average molecular weight is 331 g/mol. The second-order valence-corrected chi connectivity index (χ2v) is 4.47. The summed E-state index contributed by atoms with van der Waals surface area (Å²) in [5.74, 6) is -2.21. The van der Waals surface area contributed by atoms with Crippen molar-refractivity contribution in [3.63, 3.8) is 0 Å². The molecule has 2 aromatic rings. The number of pyridine rings is 1. The average Bonchev–Trinajstić information content (AvgIpc) is 2.37. The summed E-state index contributed by atoms with van der Waals surface area (Å²) in [4.78, 5) is 3.91. The van der Waals surface area contributed by atoms with Gasteiger partial charge in [0.15, 0.2) is 11.6 Å². The number of nitrogens with zero attached hydrogens (tertiary/aromatic N) is 1. The number of aromatic nitrogens is 1. The van der Waals surface area contributed by atoms with Gasteiger partial charge < -0.3 is 15.2 Å². The van der Waals surface area contributed by atoms with E-state index in [1.54, 1.807) is 0 Å². The molecule has 0 saturated carbocycles. The smallest absolute Gasteiger partial charge is 0.240 e. The Morgan fingerprint density at radius 2 is 2.00 bits per heavy atom. The number of hydrogen-bond donors (Lipinski definition) is 1. The lowest BCUT2D eigenvalue weighted by Gasteiger charge is -2.09. The molecule has 1 aromatic heterocycles. The fourth-order valence-corrected chi connectivity index (χ4v) is 1.78. The van der Waals surface area contributed by atoms with E-state index in [-0.39, 0.29) is 17.5 Å². The summed E-state index contributed by atoms with van der Waals surface area (Å²) in [6, 6.07) is 5.21. The number of benzene rings is 1. The molecule has 2 N–H and O–H groups in total. The van der Waals surface area contributed by atoms with Crippen molar-refractivity contribution in [2.24, 2.45) is 0 Å². The first-order valence-electron chi connectivity index (χ1n) is 5.14. The standard InChI is InChI=1S/C12H9BrF2N2O2/c1-18-12-8(16)2-3-10(17-12)19-9-5-6(13)4-7(14)11(9)15/h2-5H,16H2,1H3. The number of halogens is 3. The summed E-state index contributed by atoms with van der Waals surface area (Å²) in [5, 5.41) is 0. The van der Waals surface area contributed by atoms with Crippen molar-refractivity contribution < 1.29 is 18.3 Å².